The maximum atomic E-state index is 3.56. The topological polar surface area (TPSA) is 12.0 Å². The summed E-state index contributed by atoms with van der Waals surface area (Å²) in [5.41, 5.74) is 0.327. The Kier molecular flexibility index (Phi) is 3.50. The minimum Gasteiger partial charge on any atom is -0.311 e. The summed E-state index contributed by atoms with van der Waals surface area (Å²) < 4.78 is 0. The average molecular weight is 207 g/mol. The van der Waals surface area contributed by atoms with E-state index in [-0.39, 0.29) is 0 Å². The van der Waals surface area contributed by atoms with Crippen LogP contribution in [0.15, 0.2) is 12.2 Å². The molecule has 3 atom stereocenters. The fourth-order valence-electron chi connectivity index (χ4n) is 3.73. The molecule has 2 saturated carbocycles. The summed E-state index contributed by atoms with van der Waals surface area (Å²) in [5, 5.41) is 3.56. The van der Waals surface area contributed by atoms with Crippen LogP contribution in [0.3, 0.4) is 0 Å². The molecule has 2 aliphatic rings. The molecule has 0 unspecified atom stereocenters. The van der Waals surface area contributed by atoms with Gasteiger partial charge in [0.05, 0.1) is 0 Å². The van der Waals surface area contributed by atoms with Gasteiger partial charge in [0, 0.05) is 5.54 Å². The third-order valence-corrected chi connectivity index (χ3v) is 4.64. The van der Waals surface area contributed by atoms with Crippen molar-refractivity contribution in [3.8, 4) is 0 Å². The number of likely N-dealkylation sites (N-methyl/N-ethyl adjacent to an activating group) is 1. The largest absolute Gasteiger partial charge is 0.311 e. The van der Waals surface area contributed by atoms with Crippen LogP contribution in [-0.4, -0.2) is 12.6 Å². The molecular weight excluding hydrogens is 182 g/mol. The van der Waals surface area contributed by atoms with Gasteiger partial charge in [-0.1, -0.05) is 37.8 Å². The van der Waals surface area contributed by atoms with Gasteiger partial charge in [-0.15, -0.1) is 0 Å². The van der Waals surface area contributed by atoms with Crippen LogP contribution >= 0.6 is 0 Å². The first-order valence-electron chi connectivity index (χ1n) is 6.62. The second-order valence-corrected chi connectivity index (χ2v) is 5.45. The van der Waals surface area contributed by atoms with Gasteiger partial charge in [-0.3, -0.25) is 0 Å². The monoisotopic (exact) mass is 207 g/mol. The Balaban J connectivity index is 2.05. The van der Waals surface area contributed by atoms with Crippen LogP contribution in [-0.2, 0) is 0 Å². The van der Waals surface area contributed by atoms with Crippen molar-refractivity contribution in [1.29, 1.82) is 0 Å². The highest BCUT2D eigenvalue weighted by Gasteiger charge is 2.38. The van der Waals surface area contributed by atoms with Crippen molar-refractivity contribution < 1.29 is 0 Å². The van der Waals surface area contributed by atoms with E-state index in [0.717, 1.165) is 11.8 Å². The van der Waals surface area contributed by atoms with Gasteiger partial charge in [0.1, 0.15) is 0 Å². The van der Waals surface area contributed by atoms with Crippen molar-refractivity contribution in [2.24, 2.45) is 11.8 Å². The average Bonchev–Trinajstić information content (AvgIpc) is 2.29. The van der Waals surface area contributed by atoms with Crippen LogP contribution in [0.5, 0.6) is 0 Å². The molecule has 86 valence electrons. The lowest BCUT2D eigenvalue weighted by Crippen LogP contribution is -2.48. The van der Waals surface area contributed by atoms with E-state index in [1.165, 1.54) is 44.9 Å². The second kappa shape index (κ2) is 4.69. The lowest BCUT2D eigenvalue weighted by Gasteiger charge is -2.45. The lowest BCUT2D eigenvalue weighted by molar-refractivity contribution is 0.116. The molecule has 0 aromatic heterocycles. The first kappa shape index (κ1) is 11.2. The first-order chi connectivity index (χ1) is 7.29. The molecule has 1 nitrogen and oxygen atoms in total. The molecular formula is C14H25N. The van der Waals surface area contributed by atoms with Crippen molar-refractivity contribution in [1.82, 2.24) is 5.32 Å². The number of allylic oxidation sites excluding steroid dienone is 1. The number of fused-ring (bicyclic) bond motifs is 1. The normalized spacial score (nSPS) is 41.7. The van der Waals surface area contributed by atoms with Crippen LogP contribution in [0.4, 0.5) is 0 Å². The Morgan fingerprint density at radius 1 is 1.13 bits per heavy atom. The molecule has 0 aromatic rings. The minimum absolute atomic E-state index is 0.327. The summed E-state index contributed by atoms with van der Waals surface area (Å²) in [7, 11) is 2.13. The fourth-order valence-corrected chi connectivity index (χ4v) is 3.73. The lowest BCUT2D eigenvalue weighted by atomic mass is 9.64. The third-order valence-electron chi connectivity index (χ3n) is 4.64. The molecule has 0 amide bonds. The minimum atomic E-state index is 0.327. The highest BCUT2D eigenvalue weighted by molar-refractivity contribution is 5.09. The molecule has 15 heavy (non-hydrogen) atoms. The quantitative estimate of drug-likeness (QED) is 0.683. The van der Waals surface area contributed by atoms with Gasteiger partial charge < -0.3 is 5.32 Å². The van der Waals surface area contributed by atoms with E-state index in [9.17, 15) is 0 Å². The molecule has 0 heterocycles. The van der Waals surface area contributed by atoms with Crippen LogP contribution < -0.4 is 5.32 Å². The molecule has 0 saturated heterocycles. The van der Waals surface area contributed by atoms with Gasteiger partial charge >= 0.3 is 0 Å². The van der Waals surface area contributed by atoms with Crippen LogP contribution in [0.2, 0.25) is 0 Å². The third kappa shape index (κ3) is 2.28. The van der Waals surface area contributed by atoms with Crippen molar-refractivity contribution in [2.75, 3.05) is 7.05 Å². The van der Waals surface area contributed by atoms with Gasteiger partial charge in [0.15, 0.2) is 0 Å². The summed E-state index contributed by atoms with van der Waals surface area (Å²) in [4.78, 5) is 0. The van der Waals surface area contributed by atoms with Gasteiger partial charge in [-0.2, -0.15) is 0 Å². The highest BCUT2D eigenvalue weighted by Crippen LogP contribution is 2.44. The number of rotatable bonds is 2. The van der Waals surface area contributed by atoms with E-state index in [1.807, 2.05) is 0 Å². The van der Waals surface area contributed by atoms with E-state index < -0.39 is 0 Å². The van der Waals surface area contributed by atoms with Crippen molar-refractivity contribution in [3.63, 3.8) is 0 Å². The van der Waals surface area contributed by atoms with Gasteiger partial charge in [-0.25, -0.2) is 0 Å². The Morgan fingerprint density at radius 2 is 1.87 bits per heavy atom. The molecule has 0 radical (unpaired) electrons. The Bertz CT molecular complexity index is 233. The maximum Gasteiger partial charge on any atom is 0.0364 e. The highest BCUT2D eigenvalue weighted by atomic mass is 14.9. The summed E-state index contributed by atoms with van der Waals surface area (Å²) >= 11 is 0. The fraction of sp³-hybridized carbons (Fsp3) is 0.857. The molecule has 2 rings (SSSR count). The summed E-state index contributed by atoms with van der Waals surface area (Å²) in [6.07, 6.45) is 14.7. The zero-order valence-electron chi connectivity index (χ0n) is 10.3. The van der Waals surface area contributed by atoms with Crippen LogP contribution in [0.25, 0.3) is 0 Å². The van der Waals surface area contributed by atoms with E-state index in [4.69, 9.17) is 0 Å². The second-order valence-electron chi connectivity index (χ2n) is 5.45. The molecule has 0 aromatic carbocycles. The molecule has 2 fully saturated rings. The van der Waals surface area contributed by atoms with E-state index in [1.54, 1.807) is 0 Å². The van der Waals surface area contributed by atoms with Crippen molar-refractivity contribution in [2.45, 2.75) is 57.4 Å². The number of nitrogens with one attached hydrogen (secondary N) is 1. The Labute approximate surface area is 94.3 Å². The predicted molar refractivity (Wildman–Crippen MR) is 65.9 cm³/mol. The SMILES string of the molecule is CC=C[C@@]1(NC)CC[C@@H]2CCCC[C@@H]2C1. The van der Waals surface area contributed by atoms with E-state index in [0.29, 0.717) is 5.54 Å². The van der Waals surface area contributed by atoms with E-state index in [2.05, 4.69) is 31.4 Å². The summed E-state index contributed by atoms with van der Waals surface area (Å²) in [6.45, 7) is 2.14. The molecule has 0 spiro atoms. The number of hydrogen-bond acceptors (Lipinski definition) is 1. The van der Waals surface area contributed by atoms with Crippen molar-refractivity contribution in [3.05, 3.63) is 12.2 Å². The smallest absolute Gasteiger partial charge is 0.0364 e. The summed E-state index contributed by atoms with van der Waals surface area (Å²) in [5.74, 6) is 2.04. The molecule has 2 aliphatic carbocycles. The van der Waals surface area contributed by atoms with E-state index >= 15 is 0 Å². The first-order valence-corrected chi connectivity index (χ1v) is 6.62. The Hall–Kier alpha value is -0.300. The Morgan fingerprint density at radius 3 is 2.53 bits per heavy atom. The standard InChI is InChI=1S/C14H25N/c1-3-9-14(15-2)10-8-12-6-4-5-7-13(12)11-14/h3,9,12-13,15H,4-8,10-11H2,1-2H3/t12-,13+,14+/m0/s1. The molecule has 0 aliphatic heterocycles. The maximum absolute atomic E-state index is 3.56. The van der Waals surface area contributed by atoms with Crippen LogP contribution in [0, 0.1) is 11.8 Å². The van der Waals surface area contributed by atoms with Crippen LogP contribution in [0.1, 0.15) is 51.9 Å². The van der Waals surface area contributed by atoms with Gasteiger partial charge in [0.2, 0.25) is 0 Å². The van der Waals surface area contributed by atoms with Crippen molar-refractivity contribution >= 4 is 0 Å². The predicted octanol–water partition coefficient (Wildman–Crippen LogP) is 3.51. The van der Waals surface area contributed by atoms with Gasteiger partial charge in [0.25, 0.3) is 0 Å². The van der Waals surface area contributed by atoms with Gasteiger partial charge in [-0.05, 0) is 45.1 Å². The number of hydrogen-bond donors (Lipinski definition) is 1. The molecule has 1 heteroatoms. The summed E-state index contributed by atoms with van der Waals surface area (Å²) in [6, 6.07) is 0. The molecule has 1 N–H and O–H groups in total. The molecule has 0 bridgehead atoms. The zero-order valence-corrected chi connectivity index (χ0v) is 10.3. The zero-order chi connectivity index (χ0) is 10.7.